The lowest BCUT2D eigenvalue weighted by molar-refractivity contribution is -0.267. The Morgan fingerprint density at radius 3 is 2.58 bits per heavy atom. The minimum atomic E-state index is -1.19. The Balaban J connectivity index is 1.75. The summed E-state index contributed by atoms with van der Waals surface area (Å²) in [6, 6.07) is 0. The van der Waals surface area contributed by atoms with Crippen LogP contribution < -0.4 is 0 Å². The van der Waals surface area contributed by atoms with Crippen LogP contribution in [0.4, 0.5) is 0 Å². The van der Waals surface area contributed by atoms with Crippen molar-refractivity contribution in [3.63, 3.8) is 0 Å². The van der Waals surface area contributed by atoms with E-state index in [0.29, 0.717) is 42.8 Å². The first-order chi connectivity index (χ1) is 12.1. The van der Waals surface area contributed by atoms with E-state index < -0.39 is 17.8 Å². The van der Waals surface area contributed by atoms with E-state index in [1.807, 2.05) is 0 Å². The largest absolute Gasteiger partial charge is 0.459 e. The van der Waals surface area contributed by atoms with Crippen molar-refractivity contribution in [2.75, 3.05) is 0 Å². The maximum atomic E-state index is 12.6. The molecule has 0 unspecified atom stereocenters. The van der Waals surface area contributed by atoms with Crippen LogP contribution in [0, 0.1) is 28.6 Å². The van der Waals surface area contributed by atoms with Crippen molar-refractivity contribution in [1.82, 2.24) is 0 Å². The molecule has 0 spiro atoms. The fraction of sp³-hybridized carbons (Fsp3) is 0.905. The second kappa shape index (κ2) is 5.78. The normalized spacial score (nSPS) is 53.4. The van der Waals surface area contributed by atoms with Gasteiger partial charge in [0, 0.05) is 30.6 Å². The molecule has 0 aromatic rings. The van der Waals surface area contributed by atoms with Crippen LogP contribution in [-0.2, 0) is 14.3 Å². The van der Waals surface area contributed by atoms with Crippen LogP contribution in [0.2, 0.25) is 0 Å². The molecule has 146 valence electrons. The van der Waals surface area contributed by atoms with Gasteiger partial charge in [-0.15, -0.1) is 0 Å². The predicted octanol–water partition coefficient (Wildman–Crippen LogP) is 2.62. The maximum absolute atomic E-state index is 12.6. The molecule has 0 bridgehead atoms. The maximum Gasteiger partial charge on any atom is 0.303 e. The lowest BCUT2D eigenvalue weighted by Gasteiger charge is -2.65. The zero-order chi connectivity index (χ0) is 18.9. The smallest absolute Gasteiger partial charge is 0.303 e. The summed E-state index contributed by atoms with van der Waals surface area (Å²) in [5, 5.41) is 22.0. The Bertz CT molecular complexity index is 632. The Labute approximate surface area is 155 Å². The van der Waals surface area contributed by atoms with Crippen LogP contribution in [0.15, 0.2) is 0 Å². The Hall–Kier alpha value is -0.940. The van der Waals surface area contributed by atoms with Crippen molar-refractivity contribution in [2.24, 2.45) is 28.6 Å². The first kappa shape index (κ1) is 18.4. The molecule has 0 saturated heterocycles. The van der Waals surface area contributed by atoms with Crippen LogP contribution in [0.5, 0.6) is 0 Å². The fourth-order valence-corrected chi connectivity index (χ4v) is 7.35. The predicted molar refractivity (Wildman–Crippen MR) is 95.1 cm³/mol. The molecule has 8 atom stereocenters. The van der Waals surface area contributed by atoms with Gasteiger partial charge in [0.15, 0.2) is 0 Å². The van der Waals surface area contributed by atoms with Gasteiger partial charge in [-0.3, -0.25) is 9.59 Å². The van der Waals surface area contributed by atoms with Gasteiger partial charge in [0.25, 0.3) is 0 Å². The summed E-state index contributed by atoms with van der Waals surface area (Å²) >= 11 is 0. The number of hydrogen-bond donors (Lipinski definition) is 2. The van der Waals surface area contributed by atoms with Crippen molar-refractivity contribution < 1.29 is 24.5 Å². The van der Waals surface area contributed by atoms with Gasteiger partial charge >= 0.3 is 5.97 Å². The summed E-state index contributed by atoms with van der Waals surface area (Å²) < 4.78 is 5.65. The third-order valence-corrected chi connectivity index (χ3v) is 8.82. The molecule has 0 aromatic carbocycles. The van der Waals surface area contributed by atoms with Crippen molar-refractivity contribution in [3.8, 4) is 0 Å². The fourth-order valence-electron chi connectivity index (χ4n) is 7.35. The van der Waals surface area contributed by atoms with Crippen LogP contribution in [0.1, 0.15) is 72.1 Å². The van der Waals surface area contributed by atoms with Gasteiger partial charge in [-0.1, -0.05) is 13.8 Å². The van der Waals surface area contributed by atoms with Gasteiger partial charge in [-0.05, 0) is 56.3 Å². The molecule has 26 heavy (non-hydrogen) atoms. The molecule has 0 aromatic heterocycles. The number of ether oxygens (including phenoxy) is 1. The standard InChI is InChI=1S/C21H32O5/c1-12(22)26-18-10-14-15-4-5-17(24)19(15,2)8-7-16(14)20(3)9-6-13(23)11-21(18,20)25/h13-16,18,23,25H,4-11H2,1-3H3/t13-,14+,15-,16-,18+,19+,20-,21-/m0/s1. The molecule has 0 heterocycles. The van der Waals surface area contributed by atoms with Crippen molar-refractivity contribution in [1.29, 1.82) is 0 Å². The number of carbonyl (C=O) groups is 2. The molecular weight excluding hydrogens is 332 g/mol. The molecule has 4 rings (SSSR count). The lowest BCUT2D eigenvalue weighted by atomic mass is 9.43. The zero-order valence-electron chi connectivity index (χ0n) is 16.2. The van der Waals surface area contributed by atoms with Crippen LogP contribution in [0.3, 0.4) is 0 Å². The monoisotopic (exact) mass is 364 g/mol. The minimum absolute atomic E-state index is 0.248. The quantitative estimate of drug-likeness (QED) is 0.699. The van der Waals surface area contributed by atoms with Crippen LogP contribution in [-0.4, -0.2) is 39.8 Å². The van der Waals surface area contributed by atoms with Gasteiger partial charge in [0.1, 0.15) is 17.5 Å². The Morgan fingerprint density at radius 2 is 1.88 bits per heavy atom. The van der Waals surface area contributed by atoms with E-state index in [1.165, 1.54) is 6.92 Å². The summed E-state index contributed by atoms with van der Waals surface area (Å²) in [6.07, 6.45) is 4.54. The van der Waals surface area contributed by atoms with Crippen molar-refractivity contribution >= 4 is 11.8 Å². The van der Waals surface area contributed by atoms with Crippen LogP contribution >= 0.6 is 0 Å². The second-order valence-electron chi connectivity index (χ2n) is 9.87. The van der Waals surface area contributed by atoms with E-state index in [4.69, 9.17) is 4.74 Å². The van der Waals surface area contributed by atoms with Crippen molar-refractivity contribution in [2.45, 2.75) is 89.9 Å². The van der Waals surface area contributed by atoms with Crippen molar-refractivity contribution in [3.05, 3.63) is 0 Å². The molecule has 4 aliphatic rings. The molecular formula is C21H32O5. The number of fused-ring (bicyclic) bond motifs is 5. The summed E-state index contributed by atoms with van der Waals surface area (Å²) in [6.45, 7) is 5.64. The third-order valence-electron chi connectivity index (χ3n) is 8.82. The Kier molecular flexibility index (Phi) is 4.09. The highest BCUT2D eigenvalue weighted by molar-refractivity contribution is 5.87. The SMILES string of the molecule is CC(=O)O[C@@H]1C[C@@H]2[C@@H]3CCC(=O)[C@]3(C)CC[C@@H]2[C@]2(C)CC[C@H](O)C[C@]12O. The zero-order valence-corrected chi connectivity index (χ0v) is 16.2. The van der Waals surface area contributed by atoms with Gasteiger partial charge in [-0.25, -0.2) is 0 Å². The molecule has 0 aliphatic heterocycles. The number of aliphatic hydroxyl groups is 2. The van der Waals surface area contributed by atoms with E-state index in [1.54, 1.807) is 0 Å². The summed E-state index contributed by atoms with van der Waals surface area (Å²) in [5.74, 6) is 0.932. The van der Waals surface area contributed by atoms with E-state index in [2.05, 4.69) is 13.8 Å². The number of rotatable bonds is 1. The number of ketones is 1. The molecule has 0 amide bonds. The first-order valence-corrected chi connectivity index (χ1v) is 10.2. The topological polar surface area (TPSA) is 83.8 Å². The average molecular weight is 364 g/mol. The molecule has 2 N–H and O–H groups in total. The molecule has 4 saturated carbocycles. The summed E-state index contributed by atoms with van der Waals surface area (Å²) in [5.41, 5.74) is -1.82. The molecule has 0 radical (unpaired) electrons. The van der Waals surface area contributed by atoms with E-state index >= 15 is 0 Å². The molecule has 5 heteroatoms. The van der Waals surface area contributed by atoms with Gasteiger partial charge in [0.05, 0.1) is 6.10 Å². The van der Waals surface area contributed by atoms with E-state index in [-0.39, 0.29) is 23.2 Å². The molecule has 5 nitrogen and oxygen atoms in total. The number of esters is 1. The summed E-state index contributed by atoms with van der Waals surface area (Å²) in [7, 11) is 0. The highest BCUT2D eigenvalue weighted by Crippen LogP contribution is 2.66. The third kappa shape index (κ3) is 2.29. The number of carbonyl (C=O) groups excluding carboxylic acids is 2. The minimum Gasteiger partial charge on any atom is -0.459 e. The van der Waals surface area contributed by atoms with E-state index in [0.717, 1.165) is 25.7 Å². The molecule has 4 aliphatic carbocycles. The first-order valence-electron chi connectivity index (χ1n) is 10.2. The highest BCUT2D eigenvalue weighted by Gasteiger charge is 2.68. The Morgan fingerprint density at radius 1 is 1.15 bits per heavy atom. The van der Waals surface area contributed by atoms with Gasteiger partial charge in [0.2, 0.25) is 0 Å². The van der Waals surface area contributed by atoms with E-state index in [9.17, 15) is 19.8 Å². The summed E-state index contributed by atoms with van der Waals surface area (Å²) in [4.78, 5) is 24.3. The number of aliphatic hydroxyl groups excluding tert-OH is 1. The average Bonchev–Trinajstić information content (AvgIpc) is 2.85. The highest BCUT2D eigenvalue weighted by atomic mass is 16.6. The number of hydrogen-bond acceptors (Lipinski definition) is 5. The molecule has 4 fully saturated rings. The van der Waals surface area contributed by atoms with Gasteiger partial charge < -0.3 is 14.9 Å². The van der Waals surface area contributed by atoms with Crippen LogP contribution in [0.25, 0.3) is 0 Å². The second-order valence-corrected chi connectivity index (χ2v) is 9.87. The lowest BCUT2D eigenvalue weighted by Crippen LogP contribution is -2.69. The number of Topliss-reactive ketones (excluding diaryl/α,β-unsaturated/α-hetero) is 1. The van der Waals surface area contributed by atoms with Gasteiger partial charge in [-0.2, -0.15) is 0 Å².